The van der Waals surface area contributed by atoms with E-state index in [-0.39, 0.29) is 30.2 Å². The van der Waals surface area contributed by atoms with E-state index in [1.807, 2.05) is 42.7 Å². The van der Waals surface area contributed by atoms with Gasteiger partial charge in [0.1, 0.15) is 12.1 Å². The van der Waals surface area contributed by atoms with Gasteiger partial charge < -0.3 is 14.2 Å². The molecule has 0 radical (unpaired) electrons. The van der Waals surface area contributed by atoms with Gasteiger partial charge in [0.15, 0.2) is 0 Å². The van der Waals surface area contributed by atoms with Crippen molar-refractivity contribution >= 4 is 23.6 Å². The lowest BCUT2D eigenvalue weighted by molar-refractivity contribution is -0.140. The lowest BCUT2D eigenvalue weighted by Gasteiger charge is -2.45. The molecule has 1 saturated carbocycles. The van der Waals surface area contributed by atoms with Gasteiger partial charge in [0.05, 0.1) is 23.8 Å². The summed E-state index contributed by atoms with van der Waals surface area (Å²) in [6, 6.07) is 9.70. The van der Waals surface area contributed by atoms with Crippen molar-refractivity contribution in [2.24, 2.45) is 0 Å². The largest absolute Gasteiger partial charge is 0.446 e. The number of fused-ring (bicyclic) bond motifs is 2. The van der Waals surface area contributed by atoms with Gasteiger partial charge in [0.2, 0.25) is 5.91 Å². The van der Waals surface area contributed by atoms with Crippen LogP contribution in [0.3, 0.4) is 0 Å². The summed E-state index contributed by atoms with van der Waals surface area (Å²) in [5, 5.41) is 0.727. The standard InChI is InChI=1S/C36H45ClN6O3/c1-25-22-40(24-39-25)18-15-29-8-6-17-42(29)35(44)32-23-41(19-20-43(32)36(45)46-30-9-3-2-4-10-30)34-31-14-13-28(37)21-27(31)12-11-26-7-5-16-38-33(26)34/h5,7,13-14,16,21-22,24,29-30,32,34H,2-4,6,8-12,15,17-20,23H2,1H3/t29-,32-,34?/m1/s1. The molecule has 2 amide bonds. The monoisotopic (exact) mass is 644 g/mol. The molecule has 1 aromatic carbocycles. The molecule has 10 heteroatoms. The highest BCUT2D eigenvalue weighted by Crippen LogP contribution is 2.38. The first-order chi connectivity index (χ1) is 22.4. The highest BCUT2D eigenvalue weighted by Gasteiger charge is 2.44. The van der Waals surface area contributed by atoms with Crippen LogP contribution in [0.15, 0.2) is 49.1 Å². The molecule has 9 nitrogen and oxygen atoms in total. The van der Waals surface area contributed by atoms with Crippen molar-refractivity contribution in [3.05, 3.63) is 82.2 Å². The van der Waals surface area contributed by atoms with E-state index in [0.29, 0.717) is 26.2 Å². The Morgan fingerprint density at radius 1 is 0.957 bits per heavy atom. The van der Waals surface area contributed by atoms with Gasteiger partial charge in [-0.3, -0.25) is 19.6 Å². The van der Waals surface area contributed by atoms with E-state index in [2.05, 4.69) is 32.7 Å². The molecule has 2 saturated heterocycles. The number of hydrogen-bond donors (Lipinski definition) is 0. The smallest absolute Gasteiger partial charge is 0.410 e. The van der Waals surface area contributed by atoms with Gasteiger partial charge in [0.25, 0.3) is 0 Å². The van der Waals surface area contributed by atoms with Crippen molar-refractivity contribution in [2.75, 3.05) is 26.2 Å². The van der Waals surface area contributed by atoms with Crippen molar-refractivity contribution in [3.8, 4) is 0 Å². The average Bonchev–Trinajstić information content (AvgIpc) is 3.69. The summed E-state index contributed by atoms with van der Waals surface area (Å²) in [5.74, 6) is 0.0285. The predicted octanol–water partition coefficient (Wildman–Crippen LogP) is 5.96. The van der Waals surface area contributed by atoms with Crippen LogP contribution in [0.4, 0.5) is 4.79 Å². The Kier molecular flexibility index (Phi) is 9.31. The maximum Gasteiger partial charge on any atom is 0.410 e. The molecule has 46 heavy (non-hydrogen) atoms. The molecule has 0 spiro atoms. The van der Waals surface area contributed by atoms with Crippen LogP contribution in [0.5, 0.6) is 0 Å². The lowest BCUT2D eigenvalue weighted by Crippen LogP contribution is -2.62. The first-order valence-electron chi connectivity index (χ1n) is 17.2. The molecule has 4 aliphatic rings. The predicted molar refractivity (Wildman–Crippen MR) is 177 cm³/mol. The third-order valence-corrected chi connectivity index (χ3v) is 10.7. The van der Waals surface area contributed by atoms with Crippen LogP contribution in [0, 0.1) is 6.92 Å². The molecular formula is C36H45ClN6O3. The number of rotatable bonds is 6. The molecule has 2 aliphatic carbocycles. The number of imidazole rings is 1. The molecular weight excluding hydrogens is 600 g/mol. The first-order valence-corrected chi connectivity index (χ1v) is 17.5. The SMILES string of the molecule is Cc1cn(CC[C@H]2CCCN2C(=O)[C@H]2CN(C3c4ccc(Cl)cc4CCc4cccnc43)CCN2C(=O)OC2CCCCC2)cn1. The number of nitrogens with zero attached hydrogens (tertiary/aromatic N) is 6. The topological polar surface area (TPSA) is 83.8 Å². The number of carbonyl (C=O) groups is 2. The van der Waals surface area contributed by atoms with Gasteiger partial charge >= 0.3 is 6.09 Å². The van der Waals surface area contributed by atoms with Crippen LogP contribution in [0.25, 0.3) is 0 Å². The number of aryl methyl sites for hydroxylation is 4. The van der Waals surface area contributed by atoms with E-state index in [0.717, 1.165) is 80.7 Å². The van der Waals surface area contributed by atoms with Crippen molar-refractivity contribution in [1.29, 1.82) is 0 Å². The van der Waals surface area contributed by atoms with E-state index in [1.165, 1.54) is 23.1 Å². The molecule has 4 heterocycles. The fourth-order valence-electron chi connectivity index (χ4n) is 8.12. The van der Waals surface area contributed by atoms with Crippen molar-refractivity contribution < 1.29 is 14.3 Å². The minimum Gasteiger partial charge on any atom is -0.446 e. The zero-order valence-electron chi connectivity index (χ0n) is 26.8. The normalized spacial score (nSPS) is 23.9. The number of carbonyl (C=O) groups excluding carboxylic acids is 2. The number of piperazine rings is 1. The van der Waals surface area contributed by atoms with Gasteiger partial charge in [-0.15, -0.1) is 0 Å². The summed E-state index contributed by atoms with van der Waals surface area (Å²) in [6.45, 7) is 4.98. The Morgan fingerprint density at radius 3 is 2.63 bits per heavy atom. The van der Waals surface area contributed by atoms with Crippen LogP contribution in [0.2, 0.25) is 5.02 Å². The van der Waals surface area contributed by atoms with Crippen LogP contribution in [-0.4, -0.2) is 85.6 Å². The van der Waals surface area contributed by atoms with Gasteiger partial charge in [0, 0.05) is 56.2 Å². The van der Waals surface area contributed by atoms with E-state index in [9.17, 15) is 9.59 Å². The van der Waals surface area contributed by atoms with Crippen molar-refractivity contribution in [3.63, 3.8) is 0 Å². The van der Waals surface area contributed by atoms with Gasteiger partial charge in [-0.1, -0.05) is 30.2 Å². The quantitative estimate of drug-likeness (QED) is 0.329. The summed E-state index contributed by atoms with van der Waals surface area (Å²) in [5.41, 5.74) is 5.64. The van der Waals surface area contributed by atoms with Gasteiger partial charge in [-0.05, 0) is 99.6 Å². The number of amides is 2. The first kappa shape index (κ1) is 31.2. The van der Waals surface area contributed by atoms with Crippen LogP contribution in [-0.2, 0) is 28.9 Å². The minimum absolute atomic E-state index is 0.0285. The van der Waals surface area contributed by atoms with Gasteiger partial charge in [-0.2, -0.15) is 0 Å². The average molecular weight is 645 g/mol. The number of pyridine rings is 1. The van der Waals surface area contributed by atoms with E-state index in [1.54, 1.807) is 4.90 Å². The van der Waals surface area contributed by atoms with Crippen LogP contribution >= 0.6 is 11.6 Å². The number of benzene rings is 1. The molecule has 3 atom stereocenters. The van der Waals surface area contributed by atoms with Crippen LogP contribution < -0.4 is 0 Å². The summed E-state index contributed by atoms with van der Waals surface area (Å²) < 4.78 is 8.20. The number of ether oxygens (including phenoxy) is 1. The second-order valence-corrected chi connectivity index (χ2v) is 13.9. The van der Waals surface area contributed by atoms with Gasteiger partial charge in [-0.25, -0.2) is 9.78 Å². The molecule has 7 rings (SSSR count). The second-order valence-electron chi connectivity index (χ2n) is 13.5. The zero-order valence-corrected chi connectivity index (χ0v) is 27.6. The molecule has 0 bridgehead atoms. The zero-order chi connectivity index (χ0) is 31.6. The number of hydrogen-bond acceptors (Lipinski definition) is 6. The van der Waals surface area contributed by atoms with Crippen molar-refractivity contribution in [2.45, 2.75) is 102 Å². The summed E-state index contributed by atoms with van der Waals surface area (Å²) in [6.07, 6.45) is 15.1. The highest BCUT2D eigenvalue weighted by atomic mass is 35.5. The molecule has 244 valence electrons. The second kappa shape index (κ2) is 13.7. The maximum absolute atomic E-state index is 14.7. The molecule has 1 unspecified atom stereocenters. The Labute approximate surface area is 276 Å². The van der Waals surface area contributed by atoms with Crippen molar-refractivity contribution in [1.82, 2.24) is 29.2 Å². The third kappa shape index (κ3) is 6.54. The van der Waals surface area contributed by atoms with E-state index in [4.69, 9.17) is 21.3 Å². The summed E-state index contributed by atoms with van der Waals surface area (Å²) >= 11 is 6.48. The Balaban J connectivity index is 1.18. The number of likely N-dealkylation sites (tertiary alicyclic amines) is 1. The molecule has 3 aromatic rings. The maximum atomic E-state index is 14.7. The van der Waals surface area contributed by atoms with Crippen LogP contribution in [0.1, 0.15) is 85.5 Å². The Morgan fingerprint density at radius 2 is 1.80 bits per heavy atom. The number of aromatic nitrogens is 3. The molecule has 3 fully saturated rings. The molecule has 0 N–H and O–H groups in total. The Bertz CT molecular complexity index is 1550. The highest BCUT2D eigenvalue weighted by molar-refractivity contribution is 6.30. The summed E-state index contributed by atoms with van der Waals surface area (Å²) in [4.78, 5) is 43.9. The third-order valence-electron chi connectivity index (χ3n) is 10.5. The summed E-state index contributed by atoms with van der Waals surface area (Å²) in [7, 11) is 0. The van der Waals surface area contributed by atoms with E-state index < -0.39 is 6.04 Å². The Hall–Kier alpha value is -3.43. The lowest BCUT2D eigenvalue weighted by atomic mass is 9.95. The molecule has 2 aromatic heterocycles. The number of halogens is 1. The fraction of sp³-hybridized carbons (Fsp3) is 0.556. The minimum atomic E-state index is -0.632. The van der Waals surface area contributed by atoms with E-state index >= 15 is 0 Å². The molecule has 2 aliphatic heterocycles. The fourth-order valence-corrected chi connectivity index (χ4v) is 8.32.